The van der Waals surface area contributed by atoms with Gasteiger partial charge in [0.2, 0.25) is 0 Å². The molecule has 1 rings (SSSR count). The Hall–Kier alpha value is -2.48. The Labute approximate surface area is 124 Å². The standard InChI is InChI=1S/C16H20N2O3/c1-5-6-13(14(19)20)18-15(21)17-12-9-7-11(8-10-12)16(2,3)4/h1,7-10,13H,6H2,2-4H3,(H,19,20)(H2,17,18,21). The van der Waals surface area contributed by atoms with E-state index in [4.69, 9.17) is 11.5 Å². The number of urea groups is 1. The van der Waals surface area contributed by atoms with Gasteiger partial charge in [-0.15, -0.1) is 12.3 Å². The van der Waals surface area contributed by atoms with Crippen molar-refractivity contribution in [3.05, 3.63) is 29.8 Å². The van der Waals surface area contributed by atoms with Crippen molar-refractivity contribution >= 4 is 17.7 Å². The zero-order valence-electron chi connectivity index (χ0n) is 12.4. The number of carbonyl (C=O) groups excluding carboxylic acids is 1. The number of aliphatic carboxylic acids is 1. The van der Waals surface area contributed by atoms with Gasteiger partial charge in [-0.05, 0) is 23.1 Å². The molecule has 1 atom stereocenters. The average Bonchev–Trinajstić information content (AvgIpc) is 2.37. The van der Waals surface area contributed by atoms with Crippen LogP contribution in [0.4, 0.5) is 10.5 Å². The zero-order chi connectivity index (χ0) is 16.0. The van der Waals surface area contributed by atoms with Crippen molar-refractivity contribution in [3.8, 4) is 12.3 Å². The molecule has 0 saturated heterocycles. The van der Waals surface area contributed by atoms with Crippen LogP contribution in [0.2, 0.25) is 0 Å². The van der Waals surface area contributed by atoms with Gasteiger partial charge in [0.05, 0.1) is 0 Å². The van der Waals surface area contributed by atoms with Crippen molar-refractivity contribution in [2.24, 2.45) is 0 Å². The topological polar surface area (TPSA) is 78.4 Å². The Morgan fingerprint density at radius 1 is 1.29 bits per heavy atom. The van der Waals surface area contributed by atoms with Crippen LogP contribution in [0.3, 0.4) is 0 Å². The van der Waals surface area contributed by atoms with E-state index in [1.165, 1.54) is 0 Å². The summed E-state index contributed by atoms with van der Waals surface area (Å²) in [7, 11) is 0. The highest BCUT2D eigenvalue weighted by Crippen LogP contribution is 2.23. The fraction of sp³-hybridized carbons (Fsp3) is 0.375. The Balaban J connectivity index is 2.67. The van der Waals surface area contributed by atoms with E-state index in [0.717, 1.165) is 5.56 Å². The number of carbonyl (C=O) groups is 2. The SMILES string of the molecule is C#CCC(NC(=O)Nc1ccc(C(C)(C)C)cc1)C(=O)O. The lowest BCUT2D eigenvalue weighted by molar-refractivity contribution is -0.139. The van der Waals surface area contributed by atoms with Crippen molar-refractivity contribution in [3.63, 3.8) is 0 Å². The van der Waals surface area contributed by atoms with Crippen molar-refractivity contribution in [1.29, 1.82) is 0 Å². The second-order valence-corrected chi connectivity index (χ2v) is 5.72. The maximum absolute atomic E-state index is 11.7. The molecule has 0 aliphatic rings. The first-order chi connectivity index (χ1) is 9.74. The fourth-order valence-electron chi connectivity index (χ4n) is 1.70. The maximum atomic E-state index is 11.7. The summed E-state index contributed by atoms with van der Waals surface area (Å²) < 4.78 is 0. The van der Waals surface area contributed by atoms with E-state index in [2.05, 4.69) is 37.3 Å². The summed E-state index contributed by atoms with van der Waals surface area (Å²) >= 11 is 0. The van der Waals surface area contributed by atoms with Gasteiger partial charge < -0.3 is 15.7 Å². The van der Waals surface area contributed by atoms with Gasteiger partial charge in [0.1, 0.15) is 6.04 Å². The highest BCUT2D eigenvalue weighted by Gasteiger charge is 2.19. The third-order valence-electron chi connectivity index (χ3n) is 2.93. The van der Waals surface area contributed by atoms with Gasteiger partial charge in [-0.3, -0.25) is 0 Å². The van der Waals surface area contributed by atoms with Crippen LogP contribution in [0.15, 0.2) is 24.3 Å². The van der Waals surface area contributed by atoms with Crippen LogP contribution in [0.5, 0.6) is 0 Å². The molecule has 0 heterocycles. The number of carboxylic acids is 1. The Morgan fingerprint density at radius 3 is 2.29 bits per heavy atom. The van der Waals surface area contributed by atoms with Gasteiger partial charge in [-0.1, -0.05) is 32.9 Å². The lowest BCUT2D eigenvalue weighted by Gasteiger charge is -2.19. The lowest BCUT2D eigenvalue weighted by Crippen LogP contribution is -2.42. The first-order valence-electron chi connectivity index (χ1n) is 6.58. The monoisotopic (exact) mass is 288 g/mol. The third-order valence-corrected chi connectivity index (χ3v) is 2.93. The van der Waals surface area contributed by atoms with Gasteiger partial charge in [0.15, 0.2) is 0 Å². The minimum absolute atomic E-state index is 0.0297. The summed E-state index contributed by atoms with van der Waals surface area (Å²) in [5.74, 6) is 1.06. The highest BCUT2D eigenvalue weighted by molar-refractivity contribution is 5.92. The van der Waals surface area contributed by atoms with Gasteiger partial charge >= 0.3 is 12.0 Å². The number of carboxylic acid groups (broad SMARTS) is 1. The van der Waals surface area contributed by atoms with Gasteiger partial charge in [-0.2, -0.15) is 0 Å². The first kappa shape index (κ1) is 16.6. The summed E-state index contributed by atoms with van der Waals surface area (Å²) in [6.45, 7) is 6.29. The fourth-order valence-corrected chi connectivity index (χ4v) is 1.70. The number of benzene rings is 1. The molecular weight excluding hydrogens is 268 g/mol. The van der Waals surface area contributed by atoms with Crippen LogP contribution in [-0.2, 0) is 10.2 Å². The Kier molecular flexibility index (Phi) is 5.37. The molecule has 21 heavy (non-hydrogen) atoms. The molecule has 0 aliphatic carbocycles. The van der Waals surface area contributed by atoms with E-state index in [-0.39, 0.29) is 11.8 Å². The number of amides is 2. The summed E-state index contributed by atoms with van der Waals surface area (Å²) in [4.78, 5) is 22.6. The third kappa shape index (κ3) is 5.19. The first-order valence-corrected chi connectivity index (χ1v) is 6.58. The minimum atomic E-state index is -1.16. The molecule has 0 aromatic heterocycles. The summed E-state index contributed by atoms with van der Waals surface area (Å²) in [5.41, 5.74) is 1.76. The molecule has 0 spiro atoms. The highest BCUT2D eigenvalue weighted by atomic mass is 16.4. The molecule has 1 unspecified atom stereocenters. The van der Waals surface area contributed by atoms with Crippen molar-refractivity contribution in [2.45, 2.75) is 38.6 Å². The smallest absolute Gasteiger partial charge is 0.327 e. The molecule has 5 nitrogen and oxygen atoms in total. The molecule has 1 aromatic rings. The average molecular weight is 288 g/mol. The van der Waals surface area contributed by atoms with E-state index < -0.39 is 18.0 Å². The molecule has 0 saturated carbocycles. The molecule has 0 fully saturated rings. The number of terminal acetylenes is 1. The molecule has 112 valence electrons. The van der Waals surface area contributed by atoms with Crippen LogP contribution in [-0.4, -0.2) is 23.1 Å². The Bertz CT molecular complexity index is 550. The molecular formula is C16H20N2O3. The zero-order valence-corrected chi connectivity index (χ0v) is 12.4. The quantitative estimate of drug-likeness (QED) is 0.745. The van der Waals surface area contributed by atoms with E-state index in [0.29, 0.717) is 5.69 Å². The molecule has 0 bridgehead atoms. The van der Waals surface area contributed by atoms with Crippen LogP contribution in [0, 0.1) is 12.3 Å². The Morgan fingerprint density at radius 2 is 1.86 bits per heavy atom. The van der Waals surface area contributed by atoms with Gasteiger partial charge in [0, 0.05) is 12.1 Å². The van der Waals surface area contributed by atoms with Crippen LogP contribution >= 0.6 is 0 Å². The summed E-state index contributed by atoms with van der Waals surface area (Å²) in [5, 5.41) is 13.8. The van der Waals surface area contributed by atoms with Gasteiger partial charge in [-0.25, -0.2) is 9.59 Å². The second kappa shape index (κ2) is 6.80. The molecule has 5 heteroatoms. The molecule has 1 aromatic carbocycles. The van der Waals surface area contributed by atoms with E-state index in [1.807, 2.05) is 12.1 Å². The normalized spacial score (nSPS) is 12.1. The second-order valence-electron chi connectivity index (χ2n) is 5.72. The lowest BCUT2D eigenvalue weighted by atomic mass is 9.87. The molecule has 0 aliphatic heterocycles. The molecule has 0 radical (unpaired) electrons. The van der Waals surface area contributed by atoms with Crippen molar-refractivity contribution in [1.82, 2.24) is 5.32 Å². The predicted molar refractivity (Wildman–Crippen MR) is 82.2 cm³/mol. The number of hydrogen-bond acceptors (Lipinski definition) is 2. The molecule has 3 N–H and O–H groups in total. The van der Waals surface area contributed by atoms with Crippen LogP contribution in [0.25, 0.3) is 0 Å². The maximum Gasteiger partial charge on any atom is 0.327 e. The number of nitrogens with one attached hydrogen (secondary N) is 2. The van der Waals surface area contributed by atoms with Crippen LogP contribution < -0.4 is 10.6 Å². The van der Waals surface area contributed by atoms with Crippen molar-refractivity contribution < 1.29 is 14.7 Å². The molecule has 2 amide bonds. The van der Waals surface area contributed by atoms with Crippen molar-refractivity contribution in [2.75, 3.05) is 5.32 Å². The number of rotatable bonds is 4. The summed E-state index contributed by atoms with van der Waals surface area (Å²) in [6, 6.07) is 5.70. The van der Waals surface area contributed by atoms with E-state index >= 15 is 0 Å². The minimum Gasteiger partial charge on any atom is -0.480 e. The number of anilines is 1. The largest absolute Gasteiger partial charge is 0.480 e. The summed E-state index contributed by atoms with van der Waals surface area (Å²) in [6.07, 6.45) is 5.00. The van der Waals surface area contributed by atoms with Crippen LogP contribution in [0.1, 0.15) is 32.8 Å². The predicted octanol–water partition coefficient (Wildman–Crippen LogP) is 2.58. The van der Waals surface area contributed by atoms with E-state index in [9.17, 15) is 9.59 Å². The van der Waals surface area contributed by atoms with E-state index in [1.54, 1.807) is 12.1 Å². The van der Waals surface area contributed by atoms with Gasteiger partial charge in [0.25, 0.3) is 0 Å². The number of hydrogen-bond donors (Lipinski definition) is 3.